The third-order valence-corrected chi connectivity index (χ3v) is 4.40. The van der Waals surface area contributed by atoms with Crippen LogP contribution in [0.1, 0.15) is 20.7 Å². The van der Waals surface area contributed by atoms with E-state index < -0.39 is 11.0 Å². The fourth-order valence-corrected chi connectivity index (χ4v) is 2.97. The van der Waals surface area contributed by atoms with Gasteiger partial charge in [-0.15, -0.1) is 0 Å². The molecule has 3 aromatic rings. The number of hydrogen-bond acceptors (Lipinski definition) is 4. The highest BCUT2D eigenvalue weighted by molar-refractivity contribution is 7.82. The Morgan fingerprint density at radius 3 is 2.88 bits per heavy atom. The van der Waals surface area contributed by atoms with Gasteiger partial charge in [-0.25, -0.2) is 13.9 Å². The van der Waals surface area contributed by atoms with E-state index in [2.05, 4.69) is 15.0 Å². The quantitative estimate of drug-likeness (QED) is 0.486. The number of aromatic nitrogens is 2. The van der Waals surface area contributed by atoms with Gasteiger partial charge in [-0.05, 0) is 30.3 Å². The fourth-order valence-electron chi connectivity index (χ4n) is 2.58. The minimum Gasteiger partial charge on any atom is -0.351 e. The summed E-state index contributed by atoms with van der Waals surface area (Å²) in [6, 6.07) is 10.8. The lowest BCUT2D eigenvalue weighted by atomic mass is 10.2. The molecular formula is C18H18N4O3S. The van der Waals surface area contributed by atoms with Crippen LogP contribution in [-0.4, -0.2) is 45.3 Å². The van der Waals surface area contributed by atoms with E-state index >= 15 is 0 Å². The molecule has 0 fully saturated rings. The number of carbonyl (C=O) groups is 2. The van der Waals surface area contributed by atoms with Gasteiger partial charge in [-0.1, -0.05) is 6.07 Å². The van der Waals surface area contributed by atoms with Crippen LogP contribution in [0.4, 0.5) is 0 Å². The molecule has 1 amide bonds. The monoisotopic (exact) mass is 370 g/mol. The van der Waals surface area contributed by atoms with Crippen molar-refractivity contribution in [2.45, 2.75) is 0 Å². The summed E-state index contributed by atoms with van der Waals surface area (Å²) >= 11 is 0. The van der Waals surface area contributed by atoms with Gasteiger partial charge in [0.15, 0.2) is 6.29 Å². The predicted octanol–water partition coefficient (Wildman–Crippen LogP) is 1.45. The summed E-state index contributed by atoms with van der Waals surface area (Å²) in [6.07, 6.45) is 5.67. The van der Waals surface area contributed by atoms with Gasteiger partial charge in [-0.2, -0.15) is 0 Å². The summed E-state index contributed by atoms with van der Waals surface area (Å²) in [5.74, 6) is -0.205. The van der Waals surface area contributed by atoms with Crippen molar-refractivity contribution in [1.29, 1.82) is 0 Å². The number of amides is 1. The number of fused-ring (bicyclic) bond motifs is 1. The van der Waals surface area contributed by atoms with Crippen molar-refractivity contribution >= 4 is 34.2 Å². The number of nitrogens with zero attached hydrogens (tertiary/aromatic N) is 2. The first kappa shape index (κ1) is 18.0. The molecule has 134 valence electrons. The van der Waals surface area contributed by atoms with Crippen LogP contribution in [0.2, 0.25) is 0 Å². The van der Waals surface area contributed by atoms with Gasteiger partial charge >= 0.3 is 0 Å². The summed E-state index contributed by atoms with van der Waals surface area (Å²) in [7, 11) is -1.10. The Morgan fingerprint density at radius 2 is 2.12 bits per heavy atom. The minimum atomic E-state index is -1.10. The van der Waals surface area contributed by atoms with Crippen molar-refractivity contribution in [3.8, 4) is 5.69 Å². The molecule has 1 aromatic carbocycles. The average Bonchev–Trinajstić information content (AvgIpc) is 3.08. The molecule has 0 spiro atoms. The summed E-state index contributed by atoms with van der Waals surface area (Å²) in [6.45, 7) is 0.810. The first-order chi connectivity index (χ1) is 12.6. The molecule has 0 bridgehead atoms. The molecule has 8 heteroatoms. The van der Waals surface area contributed by atoms with E-state index in [4.69, 9.17) is 0 Å². The number of rotatable bonds is 7. The smallest absolute Gasteiger partial charge is 0.251 e. The summed E-state index contributed by atoms with van der Waals surface area (Å²) in [5, 5.41) is 3.63. The Morgan fingerprint density at radius 1 is 1.27 bits per heavy atom. The van der Waals surface area contributed by atoms with E-state index in [0.29, 0.717) is 29.9 Å². The van der Waals surface area contributed by atoms with E-state index in [1.165, 1.54) is 6.20 Å². The highest BCUT2D eigenvalue weighted by Gasteiger charge is 2.09. The van der Waals surface area contributed by atoms with Gasteiger partial charge in [0.05, 0.1) is 11.0 Å². The first-order valence-corrected chi connectivity index (χ1v) is 9.52. The number of pyridine rings is 1. The van der Waals surface area contributed by atoms with Crippen LogP contribution < -0.4 is 10.0 Å². The van der Waals surface area contributed by atoms with Crippen molar-refractivity contribution in [1.82, 2.24) is 19.6 Å². The maximum absolute atomic E-state index is 12.3. The zero-order valence-electron chi connectivity index (χ0n) is 14.1. The molecule has 2 heterocycles. The highest BCUT2D eigenvalue weighted by atomic mass is 32.2. The van der Waals surface area contributed by atoms with E-state index in [-0.39, 0.29) is 5.91 Å². The predicted molar refractivity (Wildman–Crippen MR) is 101 cm³/mol. The topological polar surface area (TPSA) is 93.1 Å². The Bertz CT molecular complexity index is 983. The Labute approximate surface area is 153 Å². The number of aldehydes is 1. The lowest BCUT2D eigenvalue weighted by Crippen LogP contribution is -2.32. The molecule has 0 aliphatic carbocycles. The van der Waals surface area contributed by atoms with Crippen LogP contribution in [0.15, 0.2) is 48.8 Å². The third-order valence-electron chi connectivity index (χ3n) is 3.79. The molecule has 7 nitrogen and oxygen atoms in total. The normalized spacial score (nSPS) is 12.0. The molecule has 0 aliphatic heterocycles. The van der Waals surface area contributed by atoms with Crippen LogP contribution in [-0.2, 0) is 11.0 Å². The maximum atomic E-state index is 12.3. The third kappa shape index (κ3) is 4.04. The van der Waals surface area contributed by atoms with Gasteiger partial charge in [0.1, 0.15) is 5.65 Å². The second-order valence-electron chi connectivity index (χ2n) is 5.64. The van der Waals surface area contributed by atoms with Crippen molar-refractivity contribution in [3.63, 3.8) is 0 Å². The first-order valence-electron chi connectivity index (χ1n) is 7.96. The highest BCUT2D eigenvalue weighted by Crippen LogP contribution is 2.20. The van der Waals surface area contributed by atoms with Gasteiger partial charge in [0, 0.05) is 53.9 Å². The number of benzene rings is 1. The Hall–Kier alpha value is -2.84. The van der Waals surface area contributed by atoms with E-state index in [1.54, 1.807) is 30.5 Å². The molecule has 1 unspecified atom stereocenters. The van der Waals surface area contributed by atoms with Crippen LogP contribution in [0, 0.1) is 0 Å². The summed E-state index contributed by atoms with van der Waals surface area (Å²) in [5.41, 5.74) is 2.55. The number of nitrogens with one attached hydrogen (secondary N) is 2. The standard InChI is InChI=1S/C18H18N4O3S/c1-26(25)21-7-6-19-18(24)15-3-2-4-16(10-15)22-8-5-14-9-13(12-23)11-20-17(14)22/h2-5,8-12,21H,6-7H2,1H3,(H,19,24). The van der Waals surface area contributed by atoms with Crippen LogP contribution >= 0.6 is 0 Å². The van der Waals surface area contributed by atoms with E-state index in [9.17, 15) is 13.8 Å². The average molecular weight is 370 g/mol. The van der Waals surface area contributed by atoms with Crippen molar-refractivity contribution in [2.75, 3.05) is 19.3 Å². The second-order valence-corrected chi connectivity index (χ2v) is 6.84. The molecule has 2 N–H and O–H groups in total. The molecule has 0 saturated carbocycles. The van der Waals surface area contributed by atoms with Crippen LogP contribution in [0.25, 0.3) is 16.7 Å². The van der Waals surface area contributed by atoms with Crippen molar-refractivity contribution in [2.24, 2.45) is 0 Å². The molecule has 1 atom stereocenters. The molecule has 0 aliphatic rings. The van der Waals surface area contributed by atoms with Crippen molar-refractivity contribution in [3.05, 3.63) is 59.9 Å². The zero-order valence-corrected chi connectivity index (χ0v) is 15.0. The van der Waals surface area contributed by atoms with Crippen LogP contribution in [0.3, 0.4) is 0 Å². The molecular weight excluding hydrogens is 352 g/mol. The van der Waals surface area contributed by atoms with Crippen molar-refractivity contribution < 1.29 is 13.8 Å². The summed E-state index contributed by atoms with van der Waals surface area (Å²) in [4.78, 5) is 27.5. The molecule has 3 rings (SSSR count). The zero-order chi connectivity index (χ0) is 18.5. The molecule has 26 heavy (non-hydrogen) atoms. The number of hydrogen-bond donors (Lipinski definition) is 2. The Balaban J connectivity index is 1.80. The SMILES string of the molecule is CS(=O)NCCNC(=O)c1cccc(-n2ccc3cc(C=O)cnc32)c1. The van der Waals surface area contributed by atoms with E-state index in [0.717, 1.165) is 17.4 Å². The molecule has 2 aromatic heterocycles. The number of carbonyl (C=O) groups excluding carboxylic acids is 2. The minimum absolute atomic E-state index is 0.205. The van der Waals surface area contributed by atoms with Gasteiger partial charge in [0.25, 0.3) is 5.91 Å². The molecule has 0 saturated heterocycles. The summed E-state index contributed by atoms with van der Waals surface area (Å²) < 4.78 is 15.5. The maximum Gasteiger partial charge on any atom is 0.251 e. The largest absolute Gasteiger partial charge is 0.351 e. The second kappa shape index (κ2) is 8.03. The fraction of sp³-hybridized carbons (Fsp3) is 0.167. The van der Waals surface area contributed by atoms with Gasteiger partial charge in [-0.3, -0.25) is 9.59 Å². The lowest BCUT2D eigenvalue weighted by molar-refractivity contribution is 0.0954. The van der Waals surface area contributed by atoms with Crippen LogP contribution in [0.5, 0.6) is 0 Å². The molecule has 0 radical (unpaired) electrons. The lowest BCUT2D eigenvalue weighted by Gasteiger charge is -2.09. The van der Waals surface area contributed by atoms with Gasteiger partial charge in [0.2, 0.25) is 0 Å². The van der Waals surface area contributed by atoms with E-state index in [1.807, 2.05) is 22.9 Å². The van der Waals surface area contributed by atoms with Gasteiger partial charge < -0.3 is 9.88 Å². The Kier molecular flexibility index (Phi) is 5.55.